The van der Waals surface area contributed by atoms with E-state index in [2.05, 4.69) is 0 Å². The Hall–Kier alpha value is -0.800. The second-order valence-corrected chi connectivity index (χ2v) is 1.87. The van der Waals surface area contributed by atoms with E-state index >= 15 is 0 Å². The smallest absolute Gasteiger partial charge is 0.248 e. The number of rotatable bonds is 1. The first-order valence-corrected chi connectivity index (χ1v) is 2.75. The topological polar surface area (TPSA) is 43.1 Å². The molecule has 0 heterocycles. The zero-order chi connectivity index (χ0) is 7.56. The van der Waals surface area contributed by atoms with Gasteiger partial charge in [0.2, 0.25) is 5.91 Å². The van der Waals surface area contributed by atoms with Crippen LogP contribution < -0.4 is 5.73 Å². The Balaban J connectivity index is 0. The first-order chi connectivity index (χ1) is 4.70. The van der Waals surface area contributed by atoms with E-state index in [1.54, 1.807) is 0 Å². The lowest BCUT2D eigenvalue weighted by Gasteiger charge is -1.92. The van der Waals surface area contributed by atoms with Gasteiger partial charge in [0.05, 0.1) is 0 Å². The number of halogens is 3. The third-order valence-corrected chi connectivity index (χ3v) is 1.11. The number of amides is 1. The van der Waals surface area contributed by atoms with Gasteiger partial charge in [-0.1, -0.05) is 6.07 Å². The summed E-state index contributed by atoms with van der Waals surface area (Å²) in [6.07, 6.45) is 0. The van der Waals surface area contributed by atoms with Crippen molar-refractivity contribution in [3.63, 3.8) is 0 Å². The molecule has 0 aromatic heterocycles. The van der Waals surface area contributed by atoms with Gasteiger partial charge in [-0.2, -0.15) is 0 Å². The van der Waals surface area contributed by atoms with Gasteiger partial charge in [0.15, 0.2) is 0 Å². The quantitative estimate of drug-likeness (QED) is 0.757. The largest absolute Gasteiger partial charge is 0.366 e. The summed E-state index contributed by atoms with van der Waals surface area (Å²) in [4.78, 5) is 10.4. The molecular weight excluding hydrogens is 204 g/mol. The van der Waals surface area contributed by atoms with Crippen molar-refractivity contribution in [3.05, 3.63) is 35.6 Å². The SMILES string of the molecule is Cl.Cl.NC(=O)c1cccc(F)c1. The van der Waals surface area contributed by atoms with Gasteiger partial charge < -0.3 is 5.73 Å². The normalized spacial score (nSPS) is 7.75. The van der Waals surface area contributed by atoms with Crippen LogP contribution in [0.5, 0.6) is 0 Å². The van der Waals surface area contributed by atoms with Crippen molar-refractivity contribution in [2.45, 2.75) is 0 Å². The molecule has 0 saturated carbocycles. The summed E-state index contributed by atoms with van der Waals surface area (Å²) in [5, 5.41) is 0. The molecule has 1 aromatic rings. The van der Waals surface area contributed by atoms with E-state index in [0.717, 1.165) is 6.07 Å². The number of carbonyl (C=O) groups excluding carboxylic acids is 1. The maximum absolute atomic E-state index is 12.3. The Bertz CT molecular complexity index is 267. The van der Waals surface area contributed by atoms with Crippen molar-refractivity contribution in [1.82, 2.24) is 0 Å². The molecule has 68 valence electrons. The fourth-order valence-corrected chi connectivity index (χ4v) is 0.642. The zero-order valence-electron chi connectivity index (χ0n) is 5.99. The fourth-order valence-electron chi connectivity index (χ4n) is 0.642. The molecule has 0 aliphatic heterocycles. The molecule has 2 N–H and O–H groups in total. The van der Waals surface area contributed by atoms with Gasteiger partial charge in [0.1, 0.15) is 5.82 Å². The standard InChI is InChI=1S/C7H6FNO.2ClH/c8-6-3-1-2-5(4-6)7(9)10;;/h1-4H,(H2,9,10);2*1H. The average molecular weight is 212 g/mol. The Morgan fingerprint density at radius 1 is 1.33 bits per heavy atom. The lowest BCUT2D eigenvalue weighted by Crippen LogP contribution is -2.10. The molecular formula is C7H8Cl2FNO. The van der Waals surface area contributed by atoms with Crippen LogP contribution in [0, 0.1) is 5.82 Å². The monoisotopic (exact) mass is 211 g/mol. The van der Waals surface area contributed by atoms with E-state index in [9.17, 15) is 9.18 Å². The molecule has 1 aromatic carbocycles. The summed E-state index contributed by atoms with van der Waals surface area (Å²) in [5.41, 5.74) is 5.07. The molecule has 0 aliphatic rings. The van der Waals surface area contributed by atoms with Crippen molar-refractivity contribution in [3.8, 4) is 0 Å². The van der Waals surface area contributed by atoms with Crippen molar-refractivity contribution in [2.75, 3.05) is 0 Å². The Morgan fingerprint density at radius 2 is 1.92 bits per heavy atom. The molecule has 0 fully saturated rings. The van der Waals surface area contributed by atoms with E-state index in [1.807, 2.05) is 0 Å². The predicted molar refractivity (Wildman–Crippen MR) is 49.4 cm³/mol. The summed E-state index contributed by atoms with van der Waals surface area (Å²) in [6.45, 7) is 0. The van der Waals surface area contributed by atoms with Crippen LogP contribution in [0.15, 0.2) is 24.3 Å². The average Bonchev–Trinajstić information content (AvgIpc) is 1.88. The van der Waals surface area contributed by atoms with Crippen molar-refractivity contribution >= 4 is 30.7 Å². The number of nitrogens with two attached hydrogens (primary N) is 1. The number of benzene rings is 1. The van der Waals surface area contributed by atoms with Gasteiger partial charge in [-0.25, -0.2) is 4.39 Å². The minimum atomic E-state index is -0.612. The molecule has 0 atom stereocenters. The minimum absolute atomic E-state index is 0. The Labute approximate surface area is 81.8 Å². The first kappa shape index (κ1) is 13.8. The maximum Gasteiger partial charge on any atom is 0.248 e. The molecule has 1 amide bonds. The number of hydrogen-bond acceptors (Lipinski definition) is 1. The minimum Gasteiger partial charge on any atom is -0.366 e. The third-order valence-electron chi connectivity index (χ3n) is 1.11. The summed E-state index contributed by atoms with van der Waals surface area (Å²) in [6, 6.07) is 5.26. The molecule has 2 nitrogen and oxygen atoms in total. The van der Waals surface area contributed by atoms with Gasteiger partial charge in [-0.05, 0) is 18.2 Å². The molecule has 0 bridgehead atoms. The fraction of sp³-hybridized carbons (Fsp3) is 0. The first-order valence-electron chi connectivity index (χ1n) is 2.75. The van der Waals surface area contributed by atoms with Crippen LogP contribution in [0.4, 0.5) is 4.39 Å². The molecule has 1 rings (SSSR count). The lowest BCUT2D eigenvalue weighted by atomic mass is 10.2. The highest BCUT2D eigenvalue weighted by Crippen LogP contribution is 2.01. The van der Waals surface area contributed by atoms with Crippen molar-refractivity contribution in [2.24, 2.45) is 5.73 Å². The van der Waals surface area contributed by atoms with Crippen LogP contribution in [0.3, 0.4) is 0 Å². The van der Waals surface area contributed by atoms with Crippen LogP contribution in [-0.2, 0) is 0 Å². The lowest BCUT2D eigenvalue weighted by molar-refractivity contribution is 0.1000. The van der Waals surface area contributed by atoms with E-state index < -0.39 is 11.7 Å². The number of hydrogen-bond donors (Lipinski definition) is 1. The molecule has 0 saturated heterocycles. The molecule has 0 radical (unpaired) electrons. The molecule has 0 unspecified atom stereocenters. The summed E-state index contributed by atoms with van der Waals surface area (Å²) < 4.78 is 12.3. The zero-order valence-corrected chi connectivity index (χ0v) is 7.62. The van der Waals surface area contributed by atoms with Crippen LogP contribution in [0.2, 0.25) is 0 Å². The second-order valence-electron chi connectivity index (χ2n) is 1.87. The highest BCUT2D eigenvalue weighted by molar-refractivity contribution is 5.92. The van der Waals surface area contributed by atoms with Gasteiger partial charge in [0, 0.05) is 5.56 Å². The van der Waals surface area contributed by atoms with Gasteiger partial charge >= 0.3 is 0 Å². The second kappa shape index (κ2) is 5.80. The summed E-state index contributed by atoms with van der Waals surface area (Å²) >= 11 is 0. The van der Waals surface area contributed by atoms with Crippen molar-refractivity contribution in [1.29, 1.82) is 0 Å². The van der Waals surface area contributed by atoms with Crippen molar-refractivity contribution < 1.29 is 9.18 Å². The highest BCUT2D eigenvalue weighted by Gasteiger charge is 1.98. The third kappa shape index (κ3) is 3.55. The molecule has 12 heavy (non-hydrogen) atoms. The van der Waals surface area contributed by atoms with Gasteiger partial charge in [0.25, 0.3) is 0 Å². The van der Waals surface area contributed by atoms with E-state index in [4.69, 9.17) is 5.73 Å². The Kier molecular flexibility index (Phi) is 6.65. The van der Waals surface area contributed by atoms with Crippen LogP contribution in [0.25, 0.3) is 0 Å². The Morgan fingerprint density at radius 3 is 2.25 bits per heavy atom. The van der Waals surface area contributed by atoms with Crippen LogP contribution in [-0.4, -0.2) is 5.91 Å². The van der Waals surface area contributed by atoms with E-state index in [1.165, 1.54) is 18.2 Å². The predicted octanol–water partition coefficient (Wildman–Crippen LogP) is 1.77. The van der Waals surface area contributed by atoms with Gasteiger partial charge in [-0.3, -0.25) is 4.79 Å². The number of primary amides is 1. The molecule has 0 spiro atoms. The maximum atomic E-state index is 12.3. The van der Waals surface area contributed by atoms with Crippen LogP contribution in [0.1, 0.15) is 10.4 Å². The number of carbonyl (C=O) groups is 1. The summed E-state index contributed by atoms with van der Waals surface area (Å²) in [7, 11) is 0. The van der Waals surface area contributed by atoms with E-state index in [0.29, 0.717) is 0 Å². The summed E-state index contributed by atoms with van der Waals surface area (Å²) in [5.74, 6) is -1.06. The van der Waals surface area contributed by atoms with Crippen LogP contribution >= 0.6 is 24.8 Å². The van der Waals surface area contributed by atoms with Gasteiger partial charge in [-0.15, -0.1) is 24.8 Å². The molecule has 0 aliphatic carbocycles. The molecule has 5 heteroatoms. The highest BCUT2D eigenvalue weighted by atomic mass is 35.5. The van der Waals surface area contributed by atoms with E-state index in [-0.39, 0.29) is 30.4 Å².